The highest BCUT2D eigenvalue weighted by Gasteiger charge is 2.23. The first-order chi connectivity index (χ1) is 7.42. The number of ether oxygens (including phenoxy) is 1. The van der Waals surface area contributed by atoms with Crippen LogP contribution in [0, 0.1) is 5.82 Å². The topological polar surface area (TPSA) is 92.7 Å². The van der Waals surface area contributed by atoms with E-state index in [0.29, 0.717) is 6.07 Å². The Morgan fingerprint density at radius 1 is 1.50 bits per heavy atom. The first-order valence-corrected chi connectivity index (χ1v) is 5.44. The fourth-order valence-electron chi connectivity index (χ4n) is 1.05. The fourth-order valence-corrected chi connectivity index (χ4v) is 1.85. The van der Waals surface area contributed by atoms with E-state index in [1.54, 1.807) is 0 Å². The molecule has 1 rings (SSSR count). The van der Waals surface area contributed by atoms with E-state index in [9.17, 15) is 17.6 Å². The molecule has 0 aliphatic rings. The van der Waals surface area contributed by atoms with Gasteiger partial charge in [-0.2, -0.15) is 0 Å². The van der Waals surface area contributed by atoms with Crippen molar-refractivity contribution in [3.63, 3.8) is 0 Å². The Bertz CT molecular complexity index is 513. The molecule has 0 saturated heterocycles. The van der Waals surface area contributed by atoms with Crippen LogP contribution < -0.4 is 4.89 Å². The second-order valence-electron chi connectivity index (χ2n) is 2.73. The zero-order valence-corrected chi connectivity index (χ0v) is 8.91. The minimum atomic E-state index is -4.34. The number of carbonyl (C=O) groups excluding carboxylic acids is 1. The molecule has 16 heavy (non-hydrogen) atoms. The van der Waals surface area contributed by atoms with Gasteiger partial charge in [-0.05, 0) is 18.2 Å². The molecule has 0 bridgehead atoms. The van der Waals surface area contributed by atoms with E-state index in [1.165, 1.54) is 0 Å². The van der Waals surface area contributed by atoms with Crippen molar-refractivity contribution in [2.45, 2.75) is 4.90 Å². The zero-order valence-electron chi connectivity index (χ0n) is 8.10. The van der Waals surface area contributed by atoms with Gasteiger partial charge in [0.1, 0.15) is 10.7 Å². The zero-order chi connectivity index (χ0) is 12.3. The van der Waals surface area contributed by atoms with Crippen LogP contribution in [0.2, 0.25) is 0 Å². The van der Waals surface area contributed by atoms with Crippen LogP contribution in [-0.4, -0.2) is 26.7 Å². The van der Waals surface area contributed by atoms with Gasteiger partial charge in [-0.25, -0.2) is 17.6 Å². The van der Waals surface area contributed by atoms with E-state index in [4.69, 9.17) is 5.21 Å². The van der Waals surface area contributed by atoms with Gasteiger partial charge in [0.25, 0.3) is 10.0 Å². The highest BCUT2D eigenvalue weighted by molar-refractivity contribution is 7.89. The van der Waals surface area contributed by atoms with Crippen LogP contribution in [0.1, 0.15) is 10.4 Å². The molecule has 1 aromatic carbocycles. The van der Waals surface area contributed by atoms with Crippen LogP contribution in [0.5, 0.6) is 0 Å². The van der Waals surface area contributed by atoms with Gasteiger partial charge < -0.3 is 9.94 Å². The molecule has 1 aromatic rings. The summed E-state index contributed by atoms with van der Waals surface area (Å²) in [4.78, 5) is 11.5. The summed E-state index contributed by atoms with van der Waals surface area (Å²) in [5.74, 6) is -1.81. The molecule has 6 nitrogen and oxygen atoms in total. The largest absolute Gasteiger partial charge is 0.465 e. The van der Waals surface area contributed by atoms with Crippen LogP contribution in [0.25, 0.3) is 0 Å². The van der Waals surface area contributed by atoms with Crippen molar-refractivity contribution in [2.24, 2.45) is 0 Å². The summed E-state index contributed by atoms with van der Waals surface area (Å²) in [6, 6.07) is 2.46. The van der Waals surface area contributed by atoms with Crippen molar-refractivity contribution in [3.8, 4) is 0 Å². The first-order valence-electron chi connectivity index (χ1n) is 3.96. The molecule has 0 aliphatic heterocycles. The third-order valence-electron chi connectivity index (χ3n) is 1.76. The summed E-state index contributed by atoms with van der Waals surface area (Å²) in [6.45, 7) is 0. The van der Waals surface area contributed by atoms with E-state index < -0.39 is 26.7 Å². The maximum absolute atomic E-state index is 12.9. The van der Waals surface area contributed by atoms with Gasteiger partial charge >= 0.3 is 5.97 Å². The molecule has 0 spiro atoms. The van der Waals surface area contributed by atoms with Gasteiger partial charge in [-0.15, -0.1) is 0 Å². The molecule has 0 aliphatic carbocycles. The number of benzene rings is 1. The van der Waals surface area contributed by atoms with Crippen LogP contribution in [-0.2, 0) is 14.8 Å². The quantitative estimate of drug-likeness (QED) is 0.593. The van der Waals surface area contributed by atoms with Crippen LogP contribution in [0.3, 0.4) is 0 Å². The smallest absolute Gasteiger partial charge is 0.339 e. The number of rotatable bonds is 3. The predicted molar refractivity (Wildman–Crippen MR) is 49.8 cm³/mol. The normalized spacial score (nSPS) is 11.2. The average Bonchev–Trinajstić information content (AvgIpc) is 2.28. The molecule has 88 valence electrons. The Kier molecular flexibility index (Phi) is 3.58. The maximum Gasteiger partial charge on any atom is 0.339 e. The summed E-state index contributed by atoms with van der Waals surface area (Å²) in [6.07, 6.45) is 0. The van der Waals surface area contributed by atoms with Crippen molar-refractivity contribution < 1.29 is 27.5 Å². The van der Waals surface area contributed by atoms with Gasteiger partial charge in [-0.1, -0.05) is 4.89 Å². The lowest BCUT2D eigenvalue weighted by Gasteiger charge is -2.07. The minimum absolute atomic E-state index is 0.370. The van der Waals surface area contributed by atoms with Crippen LogP contribution in [0.4, 0.5) is 4.39 Å². The molecule has 0 radical (unpaired) electrons. The lowest BCUT2D eigenvalue weighted by atomic mass is 10.2. The number of halogens is 1. The number of methoxy groups -OCH3 is 1. The SMILES string of the molecule is COC(=O)c1ccc(F)cc1S(=O)(=O)NO. The number of nitrogens with one attached hydrogen (secondary N) is 1. The van der Waals surface area contributed by atoms with Crippen molar-refractivity contribution in [3.05, 3.63) is 29.6 Å². The molecule has 2 N–H and O–H groups in total. The van der Waals surface area contributed by atoms with Gasteiger partial charge in [0.15, 0.2) is 0 Å². The Balaban J connectivity index is 3.47. The molecule has 0 heterocycles. The highest BCUT2D eigenvalue weighted by atomic mass is 32.2. The fraction of sp³-hybridized carbons (Fsp3) is 0.125. The Hall–Kier alpha value is -1.51. The summed E-state index contributed by atoms with van der Waals surface area (Å²) in [5.41, 5.74) is -0.370. The van der Waals surface area contributed by atoms with E-state index in [0.717, 1.165) is 24.1 Å². The number of esters is 1. The van der Waals surface area contributed by atoms with Gasteiger partial charge in [0, 0.05) is 0 Å². The van der Waals surface area contributed by atoms with Crippen molar-refractivity contribution in [2.75, 3.05) is 7.11 Å². The summed E-state index contributed by atoms with van der Waals surface area (Å²) >= 11 is 0. The standard InChI is InChI=1S/C8H8FNO5S/c1-15-8(11)6-3-2-5(9)4-7(6)16(13,14)10-12/h2-4,10,12H,1H3. The number of sulfonamides is 1. The van der Waals surface area contributed by atoms with Gasteiger partial charge in [0.2, 0.25) is 0 Å². The molecule has 0 amide bonds. The Morgan fingerprint density at radius 3 is 2.62 bits per heavy atom. The lowest BCUT2D eigenvalue weighted by molar-refractivity contribution is 0.0596. The van der Waals surface area contributed by atoms with Gasteiger partial charge in [0.05, 0.1) is 12.7 Å². The monoisotopic (exact) mass is 249 g/mol. The van der Waals surface area contributed by atoms with E-state index in [-0.39, 0.29) is 5.56 Å². The number of hydrogen-bond donors (Lipinski definition) is 2. The third-order valence-corrected chi connectivity index (χ3v) is 2.92. The van der Waals surface area contributed by atoms with Crippen molar-refractivity contribution in [1.82, 2.24) is 4.89 Å². The predicted octanol–water partition coefficient (Wildman–Crippen LogP) is 0.280. The maximum atomic E-state index is 12.9. The average molecular weight is 249 g/mol. The van der Waals surface area contributed by atoms with Crippen LogP contribution in [0.15, 0.2) is 23.1 Å². The summed E-state index contributed by atoms with van der Waals surface area (Å²) < 4.78 is 39.7. The third kappa shape index (κ3) is 2.35. The minimum Gasteiger partial charge on any atom is -0.465 e. The molecular weight excluding hydrogens is 241 g/mol. The summed E-state index contributed by atoms with van der Waals surface area (Å²) in [7, 11) is -3.29. The molecule has 0 atom stereocenters. The number of hydrogen-bond acceptors (Lipinski definition) is 5. The second-order valence-corrected chi connectivity index (χ2v) is 4.36. The molecular formula is C8H8FNO5S. The second kappa shape index (κ2) is 4.56. The molecule has 0 unspecified atom stereocenters. The number of carbonyl (C=O) groups is 1. The molecule has 0 fully saturated rings. The molecule has 0 saturated carbocycles. The lowest BCUT2D eigenvalue weighted by Crippen LogP contribution is -2.22. The van der Waals surface area contributed by atoms with Crippen LogP contribution >= 0.6 is 0 Å². The van der Waals surface area contributed by atoms with Gasteiger partial charge in [-0.3, -0.25) is 0 Å². The van der Waals surface area contributed by atoms with E-state index >= 15 is 0 Å². The Labute approximate surface area is 90.7 Å². The van der Waals surface area contributed by atoms with Crippen molar-refractivity contribution >= 4 is 16.0 Å². The van der Waals surface area contributed by atoms with Crippen molar-refractivity contribution in [1.29, 1.82) is 0 Å². The Morgan fingerprint density at radius 2 is 2.12 bits per heavy atom. The molecule has 0 aromatic heterocycles. The molecule has 8 heteroatoms. The summed E-state index contributed by atoms with van der Waals surface area (Å²) in [5, 5.41) is 8.40. The van der Waals surface area contributed by atoms with E-state index in [1.807, 2.05) is 0 Å². The first kappa shape index (κ1) is 12.6. The van der Waals surface area contributed by atoms with E-state index in [2.05, 4.69) is 4.74 Å². The highest BCUT2D eigenvalue weighted by Crippen LogP contribution is 2.17.